The van der Waals surface area contributed by atoms with E-state index in [1.807, 2.05) is 31.2 Å². The standard InChI is InChI=1S/C23H21N3O4S/c1-3-26-17-11-10-15(13-20(17)31-22-16(23(26)28)7-6-12-24-22)25-21(27)14-30-19-9-5-4-8-18(19)29-2/h4-13H,3,14H2,1-2H3,(H,25,27). The Hall–Kier alpha value is -3.52. The smallest absolute Gasteiger partial charge is 0.262 e. The molecule has 4 rings (SSSR count). The van der Waals surface area contributed by atoms with Gasteiger partial charge in [-0.1, -0.05) is 23.9 Å². The first-order valence-electron chi connectivity index (χ1n) is 9.75. The van der Waals surface area contributed by atoms with Crippen molar-refractivity contribution in [1.82, 2.24) is 4.98 Å². The van der Waals surface area contributed by atoms with Crippen molar-refractivity contribution in [1.29, 1.82) is 0 Å². The van der Waals surface area contributed by atoms with E-state index in [0.29, 0.717) is 34.3 Å². The number of ether oxygens (including phenoxy) is 2. The van der Waals surface area contributed by atoms with Crippen LogP contribution in [0.4, 0.5) is 11.4 Å². The molecule has 3 aromatic rings. The Labute approximate surface area is 184 Å². The molecule has 0 radical (unpaired) electrons. The van der Waals surface area contributed by atoms with Gasteiger partial charge in [0.15, 0.2) is 18.1 Å². The molecule has 0 aliphatic carbocycles. The van der Waals surface area contributed by atoms with E-state index in [-0.39, 0.29) is 18.4 Å². The number of carbonyl (C=O) groups is 2. The fourth-order valence-corrected chi connectivity index (χ4v) is 4.34. The van der Waals surface area contributed by atoms with Gasteiger partial charge in [0.1, 0.15) is 5.03 Å². The lowest BCUT2D eigenvalue weighted by Gasteiger charge is -2.21. The van der Waals surface area contributed by atoms with Crippen LogP contribution in [0.5, 0.6) is 11.5 Å². The molecule has 1 aliphatic rings. The molecule has 0 bridgehead atoms. The van der Waals surface area contributed by atoms with Crippen molar-refractivity contribution in [2.75, 3.05) is 30.5 Å². The minimum atomic E-state index is -0.300. The SMILES string of the molecule is CCN1C(=O)c2cccnc2Sc2cc(NC(=O)COc3ccccc3OC)ccc21. The summed E-state index contributed by atoms with van der Waals surface area (Å²) >= 11 is 1.41. The van der Waals surface area contributed by atoms with Gasteiger partial charge in [-0.2, -0.15) is 0 Å². The van der Waals surface area contributed by atoms with Gasteiger partial charge in [0, 0.05) is 23.3 Å². The molecule has 2 heterocycles. The van der Waals surface area contributed by atoms with Gasteiger partial charge in [-0.3, -0.25) is 9.59 Å². The molecule has 1 aliphatic heterocycles. The van der Waals surface area contributed by atoms with Crippen LogP contribution >= 0.6 is 11.8 Å². The number of anilines is 2. The van der Waals surface area contributed by atoms with E-state index in [9.17, 15) is 9.59 Å². The largest absolute Gasteiger partial charge is 0.493 e. The first-order chi connectivity index (χ1) is 15.1. The van der Waals surface area contributed by atoms with Crippen LogP contribution in [0.15, 0.2) is 70.7 Å². The van der Waals surface area contributed by atoms with Crippen molar-refractivity contribution < 1.29 is 19.1 Å². The predicted molar refractivity (Wildman–Crippen MR) is 119 cm³/mol. The number of fused-ring (bicyclic) bond motifs is 2. The van der Waals surface area contributed by atoms with Gasteiger partial charge in [-0.25, -0.2) is 4.98 Å². The molecule has 0 fully saturated rings. The highest BCUT2D eigenvalue weighted by molar-refractivity contribution is 7.99. The molecule has 31 heavy (non-hydrogen) atoms. The zero-order valence-corrected chi connectivity index (χ0v) is 17.9. The Bertz CT molecular complexity index is 1140. The summed E-state index contributed by atoms with van der Waals surface area (Å²) in [5, 5.41) is 3.49. The fraction of sp³-hybridized carbons (Fsp3) is 0.174. The second-order valence-electron chi connectivity index (χ2n) is 6.68. The molecule has 2 amide bonds. The Morgan fingerprint density at radius 3 is 2.71 bits per heavy atom. The zero-order chi connectivity index (χ0) is 21.8. The molecule has 8 heteroatoms. The topological polar surface area (TPSA) is 80.8 Å². The maximum atomic E-state index is 12.9. The first kappa shape index (κ1) is 20.7. The van der Waals surface area contributed by atoms with E-state index in [2.05, 4.69) is 10.3 Å². The van der Waals surface area contributed by atoms with Crippen molar-refractivity contribution in [3.05, 3.63) is 66.4 Å². The molecule has 0 unspecified atom stereocenters. The van der Waals surface area contributed by atoms with E-state index in [1.165, 1.54) is 11.8 Å². The summed E-state index contributed by atoms with van der Waals surface area (Å²) in [5.41, 5.74) is 1.97. The van der Waals surface area contributed by atoms with Crippen molar-refractivity contribution in [3.63, 3.8) is 0 Å². The third-order valence-corrected chi connectivity index (χ3v) is 5.80. The summed E-state index contributed by atoms with van der Waals surface area (Å²) in [7, 11) is 1.55. The predicted octanol–water partition coefficient (Wildman–Crippen LogP) is 4.24. The van der Waals surface area contributed by atoms with E-state index in [1.54, 1.807) is 48.5 Å². The quantitative estimate of drug-likeness (QED) is 0.624. The minimum Gasteiger partial charge on any atom is -0.493 e. The Balaban J connectivity index is 1.52. The summed E-state index contributed by atoms with van der Waals surface area (Å²) < 4.78 is 10.8. The summed E-state index contributed by atoms with van der Waals surface area (Å²) in [6, 6.07) is 16.2. The number of pyridine rings is 1. The Kier molecular flexibility index (Phi) is 6.08. The monoisotopic (exact) mass is 435 g/mol. The lowest BCUT2D eigenvalue weighted by Crippen LogP contribution is -2.30. The highest BCUT2D eigenvalue weighted by Crippen LogP contribution is 2.41. The van der Waals surface area contributed by atoms with Gasteiger partial charge in [-0.15, -0.1) is 0 Å². The average Bonchev–Trinajstić information content (AvgIpc) is 2.91. The third kappa shape index (κ3) is 4.34. The van der Waals surface area contributed by atoms with Crippen molar-refractivity contribution in [3.8, 4) is 11.5 Å². The zero-order valence-electron chi connectivity index (χ0n) is 17.1. The van der Waals surface area contributed by atoms with Gasteiger partial charge in [-0.05, 0) is 49.4 Å². The molecule has 0 saturated heterocycles. The normalized spacial score (nSPS) is 12.5. The lowest BCUT2D eigenvalue weighted by atomic mass is 10.2. The number of nitrogens with zero attached hydrogens (tertiary/aromatic N) is 2. The molecule has 0 spiro atoms. The fourth-order valence-electron chi connectivity index (χ4n) is 3.28. The van der Waals surface area contributed by atoms with E-state index in [0.717, 1.165) is 10.6 Å². The van der Waals surface area contributed by atoms with Crippen LogP contribution in [0.25, 0.3) is 0 Å². The van der Waals surface area contributed by atoms with Gasteiger partial charge in [0.05, 0.1) is 18.4 Å². The van der Waals surface area contributed by atoms with E-state index in [4.69, 9.17) is 9.47 Å². The van der Waals surface area contributed by atoms with Crippen LogP contribution in [0.1, 0.15) is 17.3 Å². The van der Waals surface area contributed by atoms with E-state index >= 15 is 0 Å². The first-order valence-corrected chi connectivity index (χ1v) is 10.6. The maximum absolute atomic E-state index is 12.9. The molecule has 1 aromatic heterocycles. The van der Waals surface area contributed by atoms with Crippen LogP contribution in [-0.2, 0) is 4.79 Å². The van der Waals surface area contributed by atoms with Crippen LogP contribution in [0.3, 0.4) is 0 Å². The molecular formula is C23H21N3O4S. The summed E-state index contributed by atoms with van der Waals surface area (Å²) in [6.07, 6.45) is 1.67. The number of amides is 2. The van der Waals surface area contributed by atoms with Gasteiger partial charge >= 0.3 is 0 Å². The number of nitrogens with one attached hydrogen (secondary N) is 1. The molecule has 7 nitrogen and oxygen atoms in total. The number of rotatable bonds is 6. The molecule has 1 N–H and O–H groups in total. The van der Waals surface area contributed by atoms with Crippen molar-refractivity contribution in [2.24, 2.45) is 0 Å². The molecule has 0 atom stereocenters. The molecule has 0 saturated carbocycles. The number of aromatic nitrogens is 1. The molecule has 158 valence electrons. The maximum Gasteiger partial charge on any atom is 0.262 e. The van der Waals surface area contributed by atoms with Crippen molar-refractivity contribution >= 4 is 35.0 Å². The van der Waals surface area contributed by atoms with Crippen LogP contribution < -0.4 is 19.7 Å². The number of hydrogen-bond acceptors (Lipinski definition) is 6. The number of hydrogen-bond donors (Lipinski definition) is 1. The Morgan fingerprint density at radius 2 is 1.94 bits per heavy atom. The second-order valence-corrected chi connectivity index (χ2v) is 7.71. The highest BCUT2D eigenvalue weighted by Gasteiger charge is 2.27. The van der Waals surface area contributed by atoms with Crippen molar-refractivity contribution in [2.45, 2.75) is 16.8 Å². The number of methoxy groups -OCH3 is 1. The lowest BCUT2D eigenvalue weighted by molar-refractivity contribution is -0.118. The third-order valence-electron chi connectivity index (χ3n) is 4.73. The number of benzene rings is 2. The summed E-state index contributed by atoms with van der Waals surface area (Å²) in [5.74, 6) is 0.676. The summed E-state index contributed by atoms with van der Waals surface area (Å²) in [6.45, 7) is 2.30. The van der Waals surface area contributed by atoms with Gasteiger partial charge < -0.3 is 19.7 Å². The van der Waals surface area contributed by atoms with Crippen LogP contribution in [0.2, 0.25) is 0 Å². The second kappa shape index (κ2) is 9.09. The minimum absolute atomic E-state index is 0.0844. The Morgan fingerprint density at radius 1 is 1.13 bits per heavy atom. The van der Waals surface area contributed by atoms with Gasteiger partial charge in [0.25, 0.3) is 11.8 Å². The average molecular weight is 436 g/mol. The van der Waals surface area contributed by atoms with Crippen LogP contribution in [0, 0.1) is 0 Å². The summed E-state index contributed by atoms with van der Waals surface area (Å²) in [4.78, 5) is 32.3. The number of carbonyl (C=O) groups excluding carboxylic acids is 2. The van der Waals surface area contributed by atoms with E-state index < -0.39 is 0 Å². The molecular weight excluding hydrogens is 414 g/mol. The highest BCUT2D eigenvalue weighted by atomic mass is 32.2. The molecule has 2 aromatic carbocycles. The van der Waals surface area contributed by atoms with Gasteiger partial charge in [0.2, 0.25) is 0 Å². The van der Waals surface area contributed by atoms with Crippen LogP contribution in [-0.4, -0.2) is 37.1 Å². The number of para-hydroxylation sites is 2.